The van der Waals surface area contributed by atoms with Gasteiger partial charge in [-0.2, -0.15) is 0 Å². The minimum Gasteiger partial charge on any atom is -0.490 e. The number of Topliss-reactive ketones (excluding diaryl/α,β-unsaturated/α-hetero) is 1. The molecule has 0 saturated carbocycles. The third-order valence-corrected chi connectivity index (χ3v) is 7.73. The molecule has 1 N–H and O–H groups in total. The molecule has 1 aliphatic carbocycles. The van der Waals surface area contributed by atoms with E-state index in [9.17, 15) is 9.59 Å². The van der Waals surface area contributed by atoms with Crippen molar-refractivity contribution in [2.75, 3.05) is 11.9 Å². The summed E-state index contributed by atoms with van der Waals surface area (Å²) in [5.41, 5.74) is 6.00. The molecule has 39 heavy (non-hydrogen) atoms. The summed E-state index contributed by atoms with van der Waals surface area (Å²) in [4.78, 5) is 26.1. The van der Waals surface area contributed by atoms with Gasteiger partial charge in [0.25, 0.3) is 0 Å². The van der Waals surface area contributed by atoms with E-state index in [2.05, 4.69) is 41.7 Å². The van der Waals surface area contributed by atoms with E-state index in [-0.39, 0.29) is 30.0 Å². The molecule has 5 nitrogen and oxygen atoms in total. The molecule has 2 aliphatic rings. The SMILES string of the molecule is CCOc1cc([C@@H]2C3=C(C[C@@H](c4ccccc4)CC3=O)Nc3ccc4ccccc4c32)ccc1OC(=O)CC. The van der Waals surface area contributed by atoms with E-state index in [1.807, 2.05) is 49.4 Å². The zero-order chi connectivity index (χ0) is 26.9. The van der Waals surface area contributed by atoms with Crippen molar-refractivity contribution < 1.29 is 19.1 Å². The predicted molar refractivity (Wildman–Crippen MR) is 153 cm³/mol. The number of esters is 1. The number of rotatable bonds is 6. The van der Waals surface area contributed by atoms with Crippen molar-refractivity contribution in [3.8, 4) is 11.5 Å². The van der Waals surface area contributed by atoms with Crippen LogP contribution < -0.4 is 14.8 Å². The van der Waals surface area contributed by atoms with Crippen LogP contribution in [0.25, 0.3) is 10.8 Å². The van der Waals surface area contributed by atoms with Gasteiger partial charge >= 0.3 is 5.97 Å². The van der Waals surface area contributed by atoms with Gasteiger partial charge in [-0.1, -0.05) is 73.7 Å². The Morgan fingerprint density at radius 2 is 1.67 bits per heavy atom. The standard InChI is InChI=1S/C34H31NO4/c1-3-31(37)39-29-17-15-23(20-30(29)38-4-2)32-33-25-13-9-8-12-22(25)14-16-26(33)35-27-18-24(19-28(36)34(27)32)21-10-6-5-7-11-21/h5-17,20,24,32,35H,3-4,18-19H2,1-2H3/t24-,32+/m1/s1. The van der Waals surface area contributed by atoms with Crippen LogP contribution in [0.4, 0.5) is 5.69 Å². The lowest BCUT2D eigenvalue weighted by atomic mass is 9.71. The van der Waals surface area contributed by atoms with Crippen LogP contribution in [0.3, 0.4) is 0 Å². The van der Waals surface area contributed by atoms with E-state index in [1.165, 1.54) is 5.56 Å². The molecule has 6 rings (SSSR count). The molecular formula is C34H31NO4. The highest BCUT2D eigenvalue weighted by atomic mass is 16.6. The minimum atomic E-state index is -0.318. The van der Waals surface area contributed by atoms with Crippen molar-refractivity contribution in [1.29, 1.82) is 0 Å². The summed E-state index contributed by atoms with van der Waals surface area (Å²) < 4.78 is 11.5. The predicted octanol–water partition coefficient (Wildman–Crippen LogP) is 7.51. The van der Waals surface area contributed by atoms with Crippen LogP contribution in [-0.2, 0) is 9.59 Å². The number of ether oxygens (including phenoxy) is 2. The molecule has 0 saturated heterocycles. The second kappa shape index (κ2) is 10.4. The summed E-state index contributed by atoms with van der Waals surface area (Å²) in [7, 11) is 0. The molecule has 2 atom stereocenters. The zero-order valence-corrected chi connectivity index (χ0v) is 22.2. The number of fused-ring (bicyclic) bond motifs is 3. The number of hydrogen-bond donors (Lipinski definition) is 1. The number of nitrogens with one attached hydrogen (secondary N) is 1. The van der Waals surface area contributed by atoms with E-state index >= 15 is 0 Å². The zero-order valence-electron chi connectivity index (χ0n) is 22.2. The summed E-state index contributed by atoms with van der Waals surface area (Å²) in [5.74, 6) is 0.587. The van der Waals surface area contributed by atoms with Gasteiger partial charge in [-0.05, 0) is 64.9 Å². The first-order chi connectivity index (χ1) is 19.1. The molecule has 0 amide bonds. The van der Waals surface area contributed by atoms with Gasteiger partial charge < -0.3 is 14.8 Å². The maximum atomic E-state index is 14.0. The number of carbonyl (C=O) groups excluding carboxylic acids is 2. The highest BCUT2D eigenvalue weighted by Gasteiger charge is 2.39. The molecule has 0 radical (unpaired) electrons. The van der Waals surface area contributed by atoms with Gasteiger partial charge in [0.15, 0.2) is 17.3 Å². The third-order valence-electron chi connectivity index (χ3n) is 7.73. The van der Waals surface area contributed by atoms with E-state index in [0.717, 1.165) is 45.3 Å². The largest absolute Gasteiger partial charge is 0.490 e. The lowest BCUT2D eigenvalue weighted by Crippen LogP contribution is -2.30. The molecule has 0 aromatic heterocycles. The number of hydrogen-bond acceptors (Lipinski definition) is 5. The summed E-state index contributed by atoms with van der Waals surface area (Å²) in [6.45, 7) is 4.09. The number of allylic oxidation sites excluding steroid dienone is 2. The average molecular weight is 518 g/mol. The van der Waals surface area contributed by atoms with Crippen LogP contribution in [0.15, 0.2) is 96.2 Å². The van der Waals surface area contributed by atoms with Crippen LogP contribution >= 0.6 is 0 Å². The Morgan fingerprint density at radius 1 is 0.872 bits per heavy atom. The van der Waals surface area contributed by atoms with Crippen LogP contribution in [0, 0.1) is 0 Å². The monoisotopic (exact) mass is 517 g/mol. The maximum absolute atomic E-state index is 14.0. The van der Waals surface area contributed by atoms with Crippen molar-refractivity contribution in [2.24, 2.45) is 0 Å². The number of carbonyl (C=O) groups is 2. The molecule has 4 aromatic rings. The van der Waals surface area contributed by atoms with Gasteiger partial charge in [-0.25, -0.2) is 0 Å². The van der Waals surface area contributed by atoms with Gasteiger partial charge in [-0.15, -0.1) is 0 Å². The Balaban J connectivity index is 1.53. The van der Waals surface area contributed by atoms with Crippen molar-refractivity contribution in [3.63, 3.8) is 0 Å². The van der Waals surface area contributed by atoms with Gasteiger partial charge in [-0.3, -0.25) is 9.59 Å². The van der Waals surface area contributed by atoms with Crippen LogP contribution in [0.1, 0.15) is 61.6 Å². The third kappa shape index (κ3) is 4.59. The fraction of sp³-hybridized carbons (Fsp3) is 0.235. The first kappa shape index (κ1) is 24.9. The number of ketones is 1. The second-order valence-corrected chi connectivity index (χ2v) is 10.1. The van der Waals surface area contributed by atoms with Crippen LogP contribution in [0.2, 0.25) is 0 Å². The molecule has 1 aliphatic heterocycles. The average Bonchev–Trinajstić information content (AvgIpc) is 2.97. The number of anilines is 1. The lowest BCUT2D eigenvalue weighted by Gasteiger charge is -2.37. The fourth-order valence-corrected chi connectivity index (χ4v) is 5.95. The summed E-state index contributed by atoms with van der Waals surface area (Å²) in [6.07, 6.45) is 1.50. The normalized spacial score (nSPS) is 18.3. The second-order valence-electron chi connectivity index (χ2n) is 10.1. The summed E-state index contributed by atoms with van der Waals surface area (Å²) >= 11 is 0. The van der Waals surface area contributed by atoms with Crippen molar-refractivity contribution >= 4 is 28.2 Å². The van der Waals surface area contributed by atoms with Crippen molar-refractivity contribution in [2.45, 2.75) is 44.9 Å². The van der Waals surface area contributed by atoms with Gasteiger partial charge in [0, 0.05) is 35.7 Å². The first-order valence-electron chi connectivity index (χ1n) is 13.6. The Hall–Kier alpha value is -4.38. The quantitative estimate of drug-likeness (QED) is 0.212. The van der Waals surface area contributed by atoms with Crippen LogP contribution in [-0.4, -0.2) is 18.4 Å². The van der Waals surface area contributed by atoms with E-state index in [1.54, 1.807) is 13.0 Å². The molecule has 196 valence electrons. The minimum absolute atomic E-state index is 0.127. The van der Waals surface area contributed by atoms with Gasteiger partial charge in [0.05, 0.1) is 6.61 Å². The Bertz CT molecular complexity index is 1600. The smallest absolute Gasteiger partial charge is 0.311 e. The molecular weight excluding hydrogens is 486 g/mol. The van der Waals surface area contributed by atoms with Crippen LogP contribution in [0.5, 0.6) is 11.5 Å². The highest BCUT2D eigenvalue weighted by molar-refractivity contribution is 6.04. The van der Waals surface area contributed by atoms with Crippen molar-refractivity contribution in [1.82, 2.24) is 0 Å². The highest BCUT2D eigenvalue weighted by Crippen LogP contribution is 2.51. The van der Waals surface area contributed by atoms with Crippen molar-refractivity contribution in [3.05, 3.63) is 113 Å². The molecule has 0 bridgehead atoms. The summed E-state index contributed by atoms with van der Waals surface area (Å²) in [6, 6.07) is 28.5. The van der Waals surface area contributed by atoms with E-state index in [0.29, 0.717) is 24.5 Å². The van der Waals surface area contributed by atoms with E-state index < -0.39 is 0 Å². The maximum Gasteiger partial charge on any atom is 0.311 e. The lowest BCUT2D eigenvalue weighted by molar-refractivity contribution is -0.134. The Morgan fingerprint density at radius 3 is 2.46 bits per heavy atom. The molecule has 0 spiro atoms. The van der Waals surface area contributed by atoms with Gasteiger partial charge in [0.1, 0.15) is 0 Å². The molecule has 4 aromatic carbocycles. The fourth-order valence-electron chi connectivity index (χ4n) is 5.95. The molecule has 0 unspecified atom stereocenters. The summed E-state index contributed by atoms with van der Waals surface area (Å²) in [5, 5.41) is 5.89. The van der Waals surface area contributed by atoms with Gasteiger partial charge in [0.2, 0.25) is 0 Å². The number of benzene rings is 4. The topological polar surface area (TPSA) is 64.6 Å². The Labute approximate surface area is 228 Å². The molecule has 0 fully saturated rings. The van der Waals surface area contributed by atoms with E-state index in [4.69, 9.17) is 9.47 Å². The Kier molecular flexibility index (Phi) is 6.65. The molecule has 5 heteroatoms. The molecule has 1 heterocycles. The first-order valence-corrected chi connectivity index (χ1v) is 13.6.